The van der Waals surface area contributed by atoms with E-state index in [1.54, 1.807) is 11.1 Å². The second-order valence-electron chi connectivity index (χ2n) is 8.18. The molecule has 3 rings (SSSR count). The highest BCUT2D eigenvalue weighted by atomic mass is 32.1. The zero-order chi connectivity index (χ0) is 16.3. The molecule has 0 saturated heterocycles. The number of benzene rings is 1. The first kappa shape index (κ1) is 16.0. The Morgan fingerprint density at radius 3 is 2.36 bits per heavy atom. The summed E-state index contributed by atoms with van der Waals surface area (Å²) in [5, 5.41) is 1.47. The number of hydrogen-bond acceptors (Lipinski definition) is 2. The molecule has 1 aromatic heterocycles. The zero-order valence-corrected chi connectivity index (χ0v) is 16.6. The first-order valence-electron chi connectivity index (χ1n) is 8.10. The summed E-state index contributed by atoms with van der Waals surface area (Å²) >= 11 is 1.97. The quantitative estimate of drug-likeness (QED) is 0.674. The summed E-state index contributed by atoms with van der Waals surface area (Å²) in [6, 6.07) is 8.92. The van der Waals surface area contributed by atoms with Crippen molar-refractivity contribution >= 4 is 35.2 Å². The van der Waals surface area contributed by atoms with Crippen LogP contribution in [-0.2, 0) is 0 Å². The Labute approximate surface area is 139 Å². The van der Waals surface area contributed by atoms with Crippen LogP contribution in [0.4, 0.5) is 0 Å². The fraction of sp³-hybridized carbons (Fsp3) is 0.474. The number of allylic oxidation sites excluding steroid dienone is 2. The Bertz CT molecular complexity index is 761. The number of nitrogens with one attached hydrogen (secondary N) is 1. The molecular weight excluding hydrogens is 302 g/mol. The van der Waals surface area contributed by atoms with E-state index in [1.807, 2.05) is 11.3 Å². The van der Waals surface area contributed by atoms with Gasteiger partial charge in [0.1, 0.15) is 8.24 Å². The van der Waals surface area contributed by atoms with Crippen molar-refractivity contribution in [1.29, 1.82) is 0 Å². The van der Waals surface area contributed by atoms with Gasteiger partial charge in [0.25, 0.3) is 0 Å². The first-order chi connectivity index (χ1) is 10.1. The van der Waals surface area contributed by atoms with E-state index >= 15 is 0 Å². The molecule has 1 aliphatic carbocycles. The van der Waals surface area contributed by atoms with Gasteiger partial charge in [-0.05, 0) is 57.2 Å². The van der Waals surface area contributed by atoms with Gasteiger partial charge in [0, 0.05) is 20.7 Å². The highest BCUT2D eigenvalue weighted by Gasteiger charge is 2.43. The molecule has 0 bridgehead atoms. The molecule has 0 fully saturated rings. The number of hydrogen-bond donors (Lipinski definition) is 1. The number of rotatable bonds is 2. The summed E-state index contributed by atoms with van der Waals surface area (Å²) in [6.45, 7) is 16.5. The molecule has 22 heavy (non-hydrogen) atoms. The maximum absolute atomic E-state index is 3.99. The minimum Gasteiger partial charge on any atom is -0.332 e. The molecule has 118 valence electrons. The Morgan fingerprint density at radius 2 is 1.73 bits per heavy atom. The van der Waals surface area contributed by atoms with Gasteiger partial charge in [0.15, 0.2) is 0 Å². The average molecular weight is 330 g/mol. The monoisotopic (exact) mass is 329 g/mol. The summed E-state index contributed by atoms with van der Waals surface area (Å²) in [4.78, 5) is 5.52. The lowest BCUT2D eigenvalue weighted by Crippen LogP contribution is -2.58. The van der Waals surface area contributed by atoms with Crippen molar-refractivity contribution in [3.8, 4) is 0 Å². The largest absolute Gasteiger partial charge is 0.332 e. The zero-order valence-electron chi connectivity index (χ0n) is 14.8. The van der Waals surface area contributed by atoms with E-state index in [9.17, 15) is 0 Å². The molecule has 0 aliphatic heterocycles. The minimum atomic E-state index is -1.64. The topological polar surface area (TPSA) is 12.0 Å². The van der Waals surface area contributed by atoms with Gasteiger partial charge in [-0.15, -0.1) is 11.3 Å². The summed E-state index contributed by atoms with van der Waals surface area (Å²) in [5.74, 6) is 0. The molecule has 1 atom stereocenters. The maximum atomic E-state index is 3.99. The Balaban J connectivity index is 2.19. The SMILES string of the molecule is CC1=C(C)C([Si](C)(C)NC(C)(C)C)c2c1sc1ccccc21. The van der Waals surface area contributed by atoms with Crippen molar-refractivity contribution in [2.75, 3.05) is 0 Å². The molecule has 1 nitrogen and oxygen atoms in total. The first-order valence-corrected chi connectivity index (χ1v) is 12.0. The van der Waals surface area contributed by atoms with Crippen molar-refractivity contribution < 1.29 is 0 Å². The Hall–Kier alpha value is -0.903. The molecule has 1 N–H and O–H groups in total. The van der Waals surface area contributed by atoms with Gasteiger partial charge in [-0.2, -0.15) is 0 Å². The van der Waals surface area contributed by atoms with Gasteiger partial charge in [0.2, 0.25) is 0 Å². The van der Waals surface area contributed by atoms with E-state index in [0.717, 1.165) is 0 Å². The van der Waals surface area contributed by atoms with Crippen LogP contribution < -0.4 is 4.98 Å². The highest BCUT2D eigenvalue weighted by Crippen LogP contribution is 2.52. The van der Waals surface area contributed by atoms with Crippen LogP contribution in [0.3, 0.4) is 0 Å². The van der Waals surface area contributed by atoms with E-state index in [2.05, 4.69) is 77.0 Å². The molecule has 1 aliphatic rings. The van der Waals surface area contributed by atoms with E-state index in [0.29, 0.717) is 5.54 Å². The van der Waals surface area contributed by atoms with Gasteiger partial charge in [-0.3, -0.25) is 0 Å². The van der Waals surface area contributed by atoms with E-state index in [4.69, 9.17) is 0 Å². The molecule has 0 amide bonds. The van der Waals surface area contributed by atoms with Gasteiger partial charge >= 0.3 is 0 Å². The van der Waals surface area contributed by atoms with E-state index < -0.39 is 8.24 Å². The van der Waals surface area contributed by atoms with Gasteiger partial charge in [-0.1, -0.05) is 36.9 Å². The van der Waals surface area contributed by atoms with Crippen LogP contribution in [0.1, 0.15) is 50.6 Å². The third-order valence-corrected chi connectivity index (χ3v) is 9.57. The second kappa shape index (κ2) is 5.05. The molecule has 1 aromatic carbocycles. The van der Waals surface area contributed by atoms with Crippen molar-refractivity contribution in [3.63, 3.8) is 0 Å². The predicted octanol–water partition coefficient (Wildman–Crippen LogP) is 5.92. The molecule has 1 heterocycles. The molecule has 3 heteroatoms. The summed E-state index contributed by atoms with van der Waals surface area (Å²) in [5.41, 5.74) is 5.44. The third kappa shape index (κ3) is 2.49. The summed E-state index contributed by atoms with van der Waals surface area (Å²) in [7, 11) is -1.64. The van der Waals surface area contributed by atoms with Gasteiger partial charge in [0.05, 0.1) is 0 Å². The minimum absolute atomic E-state index is 0.165. The molecule has 0 radical (unpaired) electrons. The normalized spacial score (nSPS) is 19.1. The fourth-order valence-corrected chi connectivity index (χ4v) is 9.99. The van der Waals surface area contributed by atoms with Crippen LogP contribution in [-0.4, -0.2) is 13.8 Å². The van der Waals surface area contributed by atoms with E-state index in [1.165, 1.54) is 20.5 Å². The molecule has 0 spiro atoms. The Morgan fingerprint density at radius 1 is 1.09 bits per heavy atom. The number of fused-ring (bicyclic) bond motifs is 3. The standard InChI is InChI=1S/C19H27NSSi/c1-12-13(2)18(22(6,7)20-19(3,4)5)16-14-10-8-9-11-15(14)21-17(12)16/h8-11,18,20H,1-7H3. The fourth-order valence-electron chi connectivity index (χ4n) is 4.18. The van der Waals surface area contributed by atoms with Gasteiger partial charge in [-0.25, -0.2) is 0 Å². The average Bonchev–Trinajstić information content (AvgIpc) is 2.84. The lowest BCUT2D eigenvalue weighted by atomic mass is 10.1. The second-order valence-corrected chi connectivity index (χ2v) is 13.5. The van der Waals surface area contributed by atoms with Crippen LogP contribution in [0.25, 0.3) is 15.7 Å². The van der Waals surface area contributed by atoms with Crippen molar-refractivity contribution in [3.05, 3.63) is 40.3 Å². The molecule has 0 saturated carbocycles. The Kier molecular flexibility index (Phi) is 3.67. The van der Waals surface area contributed by atoms with Gasteiger partial charge < -0.3 is 4.98 Å². The molecule has 1 unspecified atom stereocenters. The van der Waals surface area contributed by atoms with Crippen LogP contribution in [0.2, 0.25) is 13.1 Å². The third-order valence-electron chi connectivity index (χ3n) is 4.71. The summed E-state index contributed by atoms with van der Waals surface area (Å²) in [6.07, 6.45) is 0. The van der Waals surface area contributed by atoms with Crippen LogP contribution >= 0.6 is 11.3 Å². The molecule has 2 aromatic rings. The molecular formula is C19H27NSSi. The lowest BCUT2D eigenvalue weighted by Gasteiger charge is -2.38. The number of thiophene rings is 1. The highest BCUT2D eigenvalue weighted by molar-refractivity contribution is 7.20. The lowest BCUT2D eigenvalue weighted by molar-refractivity contribution is 0.508. The van der Waals surface area contributed by atoms with Crippen LogP contribution in [0, 0.1) is 0 Å². The van der Waals surface area contributed by atoms with Crippen LogP contribution in [0.15, 0.2) is 29.8 Å². The van der Waals surface area contributed by atoms with Crippen molar-refractivity contribution in [2.24, 2.45) is 0 Å². The smallest absolute Gasteiger partial charge is 0.131 e. The maximum Gasteiger partial charge on any atom is 0.131 e. The van der Waals surface area contributed by atoms with Crippen LogP contribution in [0.5, 0.6) is 0 Å². The summed E-state index contributed by atoms with van der Waals surface area (Å²) < 4.78 is 1.44. The van der Waals surface area contributed by atoms with E-state index in [-0.39, 0.29) is 5.54 Å². The van der Waals surface area contributed by atoms with Crippen molar-refractivity contribution in [2.45, 2.75) is 58.8 Å². The predicted molar refractivity (Wildman–Crippen MR) is 103 cm³/mol. The van der Waals surface area contributed by atoms with Crippen molar-refractivity contribution in [1.82, 2.24) is 4.98 Å².